The molecule has 0 unspecified atom stereocenters. The van der Waals surface area contributed by atoms with Gasteiger partial charge >= 0.3 is 0 Å². The number of nitrogens with zero attached hydrogens (tertiary/aromatic N) is 1. The van der Waals surface area contributed by atoms with Crippen molar-refractivity contribution in [2.45, 2.75) is 39.5 Å². The highest BCUT2D eigenvalue weighted by Crippen LogP contribution is 2.02. The maximum Gasteiger partial charge on any atom is 0.0431 e. The lowest BCUT2D eigenvalue weighted by atomic mass is 10.1. The van der Waals surface area contributed by atoms with Gasteiger partial charge in [-0.1, -0.05) is 26.7 Å². The predicted octanol–water partition coefficient (Wildman–Crippen LogP) is 2.13. The standard InChI is InChI=1S/C11H25NO/c1-11(2)10-12(3)8-6-4-5-7-9-13/h11,13H,4-10H2,1-3H3. The van der Waals surface area contributed by atoms with Gasteiger partial charge in [-0.05, 0) is 32.4 Å². The zero-order valence-electron chi connectivity index (χ0n) is 9.42. The Morgan fingerprint density at radius 2 is 1.69 bits per heavy atom. The number of hydrogen-bond donors (Lipinski definition) is 1. The summed E-state index contributed by atoms with van der Waals surface area (Å²) < 4.78 is 0. The van der Waals surface area contributed by atoms with Gasteiger partial charge in [0.15, 0.2) is 0 Å². The number of hydrogen-bond acceptors (Lipinski definition) is 2. The van der Waals surface area contributed by atoms with Crippen LogP contribution in [0.15, 0.2) is 0 Å². The highest BCUT2D eigenvalue weighted by Gasteiger charge is 2.00. The minimum Gasteiger partial charge on any atom is -0.396 e. The molecule has 0 aliphatic heterocycles. The molecule has 0 fully saturated rings. The minimum absolute atomic E-state index is 0.349. The quantitative estimate of drug-likeness (QED) is 0.588. The summed E-state index contributed by atoms with van der Waals surface area (Å²) in [6.07, 6.45) is 4.66. The van der Waals surface area contributed by atoms with Gasteiger partial charge in [0, 0.05) is 13.2 Å². The molecule has 0 amide bonds. The van der Waals surface area contributed by atoms with Crippen molar-refractivity contribution in [2.75, 3.05) is 26.7 Å². The molecule has 0 radical (unpaired) electrons. The molecule has 0 rings (SSSR count). The molecular formula is C11H25NO. The molecule has 80 valence electrons. The maximum absolute atomic E-state index is 8.58. The molecule has 0 bridgehead atoms. The predicted molar refractivity (Wildman–Crippen MR) is 57.9 cm³/mol. The van der Waals surface area contributed by atoms with Crippen molar-refractivity contribution in [3.63, 3.8) is 0 Å². The van der Waals surface area contributed by atoms with Crippen molar-refractivity contribution >= 4 is 0 Å². The molecule has 0 aromatic rings. The van der Waals surface area contributed by atoms with Crippen molar-refractivity contribution in [3.8, 4) is 0 Å². The van der Waals surface area contributed by atoms with Crippen LogP contribution in [0.3, 0.4) is 0 Å². The summed E-state index contributed by atoms with van der Waals surface area (Å²) in [6, 6.07) is 0. The van der Waals surface area contributed by atoms with Crippen LogP contribution in [0.5, 0.6) is 0 Å². The summed E-state index contributed by atoms with van der Waals surface area (Å²) in [4.78, 5) is 2.39. The average molecular weight is 187 g/mol. The van der Waals surface area contributed by atoms with Crippen molar-refractivity contribution in [2.24, 2.45) is 5.92 Å². The van der Waals surface area contributed by atoms with Gasteiger partial charge in [0.1, 0.15) is 0 Å². The second-order valence-electron chi connectivity index (χ2n) is 4.29. The van der Waals surface area contributed by atoms with Crippen LogP contribution in [0.4, 0.5) is 0 Å². The molecule has 13 heavy (non-hydrogen) atoms. The third-order valence-corrected chi connectivity index (χ3v) is 2.12. The van der Waals surface area contributed by atoms with Crippen LogP contribution in [0.2, 0.25) is 0 Å². The van der Waals surface area contributed by atoms with Crippen LogP contribution < -0.4 is 0 Å². The van der Waals surface area contributed by atoms with Gasteiger partial charge in [0.25, 0.3) is 0 Å². The van der Waals surface area contributed by atoms with E-state index < -0.39 is 0 Å². The van der Waals surface area contributed by atoms with Crippen LogP contribution in [0.25, 0.3) is 0 Å². The number of aliphatic hydroxyl groups is 1. The largest absolute Gasteiger partial charge is 0.396 e. The lowest BCUT2D eigenvalue weighted by molar-refractivity contribution is 0.271. The van der Waals surface area contributed by atoms with Crippen molar-refractivity contribution in [1.29, 1.82) is 0 Å². The second-order valence-corrected chi connectivity index (χ2v) is 4.29. The average Bonchev–Trinajstić information content (AvgIpc) is 2.02. The monoisotopic (exact) mass is 187 g/mol. The number of rotatable bonds is 8. The van der Waals surface area contributed by atoms with Gasteiger partial charge in [0.2, 0.25) is 0 Å². The van der Waals surface area contributed by atoms with Crippen molar-refractivity contribution in [3.05, 3.63) is 0 Å². The SMILES string of the molecule is CC(C)CN(C)CCCCCCO. The molecule has 1 N–H and O–H groups in total. The summed E-state index contributed by atoms with van der Waals surface area (Å²) in [6.45, 7) is 7.25. The first-order chi connectivity index (χ1) is 6.16. The van der Waals surface area contributed by atoms with E-state index >= 15 is 0 Å². The maximum atomic E-state index is 8.58. The van der Waals surface area contributed by atoms with Gasteiger partial charge in [-0.15, -0.1) is 0 Å². The first kappa shape index (κ1) is 12.9. The fourth-order valence-corrected chi connectivity index (χ4v) is 1.56. The Balaban J connectivity index is 3.12. The molecule has 0 saturated carbocycles. The zero-order chi connectivity index (χ0) is 10.1. The molecule has 0 heterocycles. The third kappa shape index (κ3) is 9.84. The molecule has 0 aliphatic rings. The normalized spacial score (nSPS) is 11.5. The van der Waals surface area contributed by atoms with E-state index in [9.17, 15) is 0 Å². The second kappa shape index (κ2) is 8.52. The summed E-state index contributed by atoms with van der Waals surface area (Å²) in [7, 11) is 2.19. The van der Waals surface area contributed by atoms with E-state index in [4.69, 9.17) is 5.11 Å². The molecular weight excluding hydrogens is 162 g/mol. The fourth-order valence-electron chi connectivity index (χ4n) is 1.56. The third-order valence-electron chi connectivity index (χ3n) is 2.12. The van der Waals surface area contributed by atoms with Crippen LogP contribution in [0.1, 0.15) is 39.5 Å². The summed E-state index contributed by atoms with van der Waals surface area (Å²) >= 11 is 0. The topological polar surface area (TPSA) is 23.5 Å². The van der Waals surface area contributed by atoms with Gasteiger partial charge in [-0.2, -0.15) is 0 Å². The Morgan fingerprint density at radius 3 is 2.23 bits per heavy atom. The number of aliphatic hydroxyl groups excluding tert-OH is 1. The van der Waals surface area contributed by atoms with Crippen molar-refractivity contribution < 1.29 is 5.11 Å². The Kier molecular flexibility index (Phi) is 8.46. The van der Waals surface area contributed by atoms with Gasteiger partial charge in [-0.3, -0.25) is 0 Å². The van der Waals surface area contributed by atoms with E-state index in [2.05, 4.69) is 25.8 Å². The highest BCUT2D eigenvalue weighted by molar-refractivity contribution is 4.54. The minimum atomic E-state index is 0.349. The summed E-state index contributed by atoms with van der Waals surface area (Å²) in [5.41, 5.74) is 0. The first-order valence-corrected chi connectivity index (χ1v) is 5.46. The number of unbranched alkanes of at least 4 members (excludes halogenated alkanes) is 3. The van der Waals surface area contributed by atoms with Gasteiger partial charge in [-0.25, -0.2) is 0 Å². The fraction of sp³-hybridized carbons (Fsp3) is 1.00. The highest BCUT2D eigenvalue weighted by atomic mass is 16.2. The Morgan fingerprint density at radius 1 is 1.08 bits per heavy atom. The van der Waals surface area contributed by atoms with Crippen LogP contribution in [-0.4, -0.2) is 36.8 Å². The van der Waals surface area contributed by atoms with E-state index in [1.54, 1.807) is 0 Å². The Bertz CT molecular complexity index is 104. The first-order valence-electron chi connectivity index (χ1n) is 5.46. The van der Waals surface area contributed by atoms with Gasteiger partial charge < -0.3 is 10.0 Å². The molecule has 2 heteroatoms. The van der Waals surface area contributed by atoms with Crippen LogP contribution in [-0.2, 0) is 0 Å². The molecule has 0 atom stereocenters. The van der Waals surface area contributed by atoms with Crippen LogP contribution >= 0.6 is 0 Å². The van der Waals surface area contributed by atoms with E-state index in [0.717, 1.165) is 12.3 Å². The summed E-state index contributed by atoms with van der Waals surface area (Å²) in [5.74, 6) is 0.766. The molecule has 0 aliphatic carbocycles. The van der Waals surface area contributed by atoms with E-state index in [-0.39, 0.29) is 0 Å². The Labute approximate surface area is 82.9 Å². The molecule has 0 saturated heterocycles. The smallest absolute Gasteiger partial charge is 0.0431 e. The lowest BCUT2D eigenvalue weighted by Gasteiger charge is -2.18. The summed E-state index contributed by atoms with van der Waals surface area (Å²) in [5, 5.41) is 8.58. The molecule has 0 aromatic heterocycles. The molecule has 0 spiro atoms. The van der Waals surface area contributed by atoms with E-state index in [1.807, 2.05) is 0 Å². The van der Waals surface area contributed by atoms with Crippen molar-refractivity contribution in [1.82, 2.24) is 4.90 Å². The molecule has 0 aromatic carbocycles. The molecule has 2 nitrogen and oxygen atoms in total. The van der Waals surface area contributed by atoms with E-state index in [1.165, 1.54) is 32.4 Å². The lowest BCUT2D eigenvalue weighted by Crippen LogP contribution is -2.24. The van der Waals surface area contributed by atoms with Crippen LogP contribution in [0, 0.1) is 5.92 Å². The Hall–Kier alpha value is -0.0800. The van der Waals surface area contributed by atoms with E-state index in [0.29, 0.717) is 6.61 Å². The zero-order valence-corrected chi connectivity index (χ0v) is 9.42. The van der Waals surface area contributed by atoms with Gasteiger partial charge in [0.05, 0.1) is 0 Å².